The monoisotopic (exact) mass is 692 g/mol. The molecule has 0 saturated carbocycles. The number of carbonyl (C=O) groups is 4. The number of hydrogen-bond donors (Lipinski definition) is 9. The highest BCUT2D eigenvalue weighted by molar-refractivity contribution is 6.61. The van der Waals surface area contributed by atoms with Crippen molar-refractivity contribution in [1.82, 2.24) is 4.90 Å². The van der Waals surface area contributed by atoms with Gasteiger partial charge in [0.15, 0.2) is 11.4 Å². The third kappa shape index (κ3) is 5.29. The number of ether oxygens (including phenoxy) is 1. The molecule has 0 bridgehead atoms. The van der Waals surface area contributed by atoms with Gasteiger partial charge in [0.2, 0.25) is 11.7 Å². The summed E-state index contributed by atoms with van der Waals surface area (Å²) in [6, 6.07) is 6.41. The summed E-state index contributed by atoms with van der Waals surface area (Å²) in [5, 5.41) is 73.1. The van der Waals surface area contributed by atoms with Crippen LogP contribution in [-0.4, -0.2) is 118 Å². The van der Waals surface area contributed by atoms with Crippen molar-refractivity contribution in [2.45, 2.75) is 37.0 Å². The first-order chi connectivity index (χ1) is 23.6. The van der Waals surface area contributed by atoms with E-state index in [1.807, 2.05) is 0 Å². The number of phenolic OH excluding ortho intramolecular Hbond substituents is 1. The third-order valence-corrected chi connectivity index (χ3v) is 9.98. The molecule has 0 unspecified atom stereocenters. The van der Waals surface area contributed by atoms with Crippen molar-refractivity contribution in [3.63, 3.8) is 0 Å². The highest BCUT2D eigenvalue weighted by atomic mass is 16.6. The van der Waals surface area contributed by atoms with Crippen molar-refractivity contribution < 1.29 is 59.1 Å². The van der Waals surface area contributed by atoms with E-state index in [4.69, 9.17) is 15.1 Å². The van der Waals surface area contributed by atoms with Crippen LogP contribution in [-0.2, 0) is 19.0 Å². The fourth-order valence-electron chi connectivity index (χ4n) is 7.64. The molecule has 1 heterocycles. The standard InChI is InChI=1S/C33H37BN4O12/c1-13-15-5-7-17(36-9-8-19(39)37-14-4-6-16-18(12-14)49-10-11-50-34(16)48)26(40)21(15)27(41)22-20(13)28(42)24-25(38(2)3)29(43)23(32(35)46)31(45)33(24,47)30(22)44/h4-7,12-13,20,24-25,28,36,40,42-44,47-48H,8-11H2,1-3H3,(H2,35,46)(H,37,39)/t13-,20+,24+,25-,28-,33-/m0/s1. The van der Waals surface area contributed by atoms with Gasteiger partial charge in [-0.1, -0.05) is 19.1 Å². The largest absolute Gasteiger partial charge is 0.510 e. The Hall–Kier alpha value is -4.94. The molecule has 3 aliphatic carbocycles. The van der Waals surface area contributed by atoms with Gasteiger partial charge >= 0.3 is 7.12 Å². The van der Waals surface area contributed by atoms with Crippen LogP contribution in [0.3, 0.4) is 0 Å². The molecule has 4 aliphatic rings. The van der Waals surface area contributed by atoms with Gasteiger partial charge in [-0.3, -0.25) is 24.1 Å². The Balaban J connectivity index is 1.26. The summed E-state index contributed by atoms with van der Waals surface area (Å²) >= 11 is 0. The number of benzene rings is 2. The summed E-state index contributed by atoms with van der Waals surface area (Å²) in [5.41, 5.74) is 1.83. The van der Waals surface area contributed by atoms with Crippen molar-refractivity contribution in [3.05, 3.63) is 64.1 Å². The summed E-state index contributed by atoms with van der Waals surface area (Å²) < 4.78 is 10.8. The third-order valence-electron chi connectivity index (χ3n) is 9.98. The number of aliphatic hydroxyl groups excluding tert-OH is 3. The second-order valence-electron chi connectivity index (χ2n) is 13.0. The van der Waals surface area contributed by atoms with Crippen molar-refractivity contribution >= 4 is 47.3 Å². The number of amides is 2. The minimum absolute atomic E-state index is 0.0127. The Morgan fingerprint density at radius 3 is 2.52 bits per heavy atom. The molecule has 2 aromatic rings. The molecule has 17 heteroatoms. The topological polar surface area (TPSA) is 261 Å². The molecule has 0 radical (unpaired) electrons. The van der Waals surface area contributed by atoms with Crippen molar-refractivity contribution in [1.29, 1.82) is 0 Å². The number of nitrogens with two attached hydrogens (primary N) is 1. The molecular formula is C33H37BN4O12. The quantitative estimate of drug-likeness (QED) is 0.0977. The van der Waals surface area contributed by atoms with Crippen LogP contribution < -0.4 is 26.6 Å². The van der Waals surface area contributed by atoms with Gasteiger partial charge in [0, 0.05) is 41.7 Å². The van der Waals surface area contributed by atoms with Gasteiger partial charge in [-0.05, 0) is 37.7 Å². The maximum absolute atomic E-state index is 14.1. The summed E-state index contributed by atoms with van der Waals surface area (Å²) in [6.45, 7) is 2.07. The Morgan fingerprint density at radius 2 is 1.84 bits per heavy atom. The first kappa shape index (κ1) is 34.9. The van der Waals surface area contributed by atoms with E-state index in [1.54, 1.807) is 31.2 Å². The molecule has 6 atom stereocenters. The van der Waals surface area contributed by atoms with Gasteiger partial charge in [0.05, 0.1) is 35.9 Å². The second-order valence-corrected chi connectivity index (χ2v) is 13.0. The lowest BCUT2D eigenvalue weighted by Crippen LogP contribution is -2.68. The van der Waals surface area contributed by atoms with Gasteiger partial charge in [-0.2, -0.15) is 0 Å². The summed E-state index contributed by atoms with van der Waals surface area (Å²) in [7, 11) is 1.78. The number of hydrogen-bond acceptors (Lipinski definition) is 14. The Morgan fingerprint density at radius 1 is 1.12 bits per heavy atom. The number of carbonyl (C=O) groups excluding carboxylic acids is 4. The molecule has 1 aliphatic heterocycles. The molecule has 0 spiro atoms. The molecule has 0 fully saturated rings. The number of rotatable bonds is 7. The molecule has 16 nitrogen and oxygen atoms in total. The maximum Gasteiger partial charge on any atom is 0.495 e. The number of aliphatic hydroxyl groups is 4. The van der Waals surface area contributed by atoms with Crippen LogP contribution in [0.2, 0.25) is 0 Å². The number of ketones is 2. The first-order valence-electron chi connectivity index (χ1n) is 15.9. The van der Waals surface area contributed by atoms with E-state index in [2.05, 4.69) is 10.6 Å². The molecule has 2 aromatic carbocycles. The average molecular weight is 692 g/mol. The minimum Gasteiger partial charge on any atom is -0.510 e. The second kappa shape index (κ2) is 12.7. The Bertz CT molecular complexity index is 1880. The van der Waals surface area contributed by atoms with Gasteiger partial charge in [0.25, 0.3) is 5.91 Å². The van der Waals surface area contributed by atoms with Gasteiger partial charge in [-0.15, -0.1) is 0 Å². The fourth-order valence-corrected chi connectivity index (χ4v) is 7.64. The number of aromatic hydroxyl groups is 1. The number of likely N-dealkylation sites (N-methyl/N-ethyl adjacent to an activating group) is 1. The van der Waals surface area contributed by atoms with Crippen molar-refractivity contribution in [2.75, 3.05) is 44.5 Å². The lowest BCUT2D eigenvalue weighted by atomic mass is 9.55. The van der Waals surface area contributed by atoms with Gasteiger partial charge < -0.3 is 56.3 Å². The van der Waals surface area contributed by atoms with E-state index in [-0.39, 0.29) is 37.4 Å². The first-order valence-corrected chi connectivity index (χ1v) is 15.9. The average Bonchev–Trinajstić information content (AvgIpc) is 3.23. The zero-order chi connectivity index (χ0) is 36.4. The van der Waals surface area contributed by atoms with Crippen LogP contribution in [0, 0.1) is 11.8 Å². The maximum atomic E-state index is 14.1. The molecule has 264 valence electrons. The number of phenols is 1. The van der Waals surface area contributed by atoms with Crippen LogP contribution in [0.25, 0.3) is 0 Å². The van der Waals surface area contributed by atoms with Crippen LogP contribution in [0.15, 0.2) is 53.0 Å². The van der Waals surface area contributed by atoms with E-state index >= 15 is 0 Å². The number of nitrogens with one attached hydrogen (secondary N) is 2. The number of Topliss-reactive ketones (excluding diaryl/α,β-unsaturated/α-hetero) is 2. The molecule has 6 rings (SSSR count). The van der Waals surface area contributed by atoms with Crippen LogP contribution in [0.5, 0.6) is 11.5 Å². The zero-order valence-corrected chi connectivity index (χ0v) is 27.3. The van der Waals surface area contributed by atoms with E-state index in [0.717, 1.165) is 0 Å². The van der Waals surface area contributed by atoms with E-state index < -0.39 is 94.4 Å². The molecule has 2 amide bonds. The van der Waals surface area contributed by atoms with Gasteiger partial charge in [0.1, 0.15) is 35.2 Å². The smallest absolute Gasteiger partial charge is 0.495 e. The van der Waals surface area contributed by atoms with Crippen molar-refractivity contribution in [3.8, 4) is 11.5 Å². The molecular weight excluding hydrogens is 655 g/mol. The molecule has 10 N–H and O–H groups in total. The summed E-state index contributed by atoms with van der Waals surface area (Å²) in [6.07, 6.45) is -1.77. The van der Waals surface area contributed by atoms with Crippen LogP contribution in [0.1, 0.15) is 35.2 Å². The van der Waals surface area contributed by atoms with E-state index in [9.17, 15) is 49.7 Å². The predicted octanol–water partition coefficient (Wildman–Crippen LogP) is -0.810. The lowest BCUT2D eigenvalue weighted by molar-refractivity contribution is -0.162. The van der Waals surface area contributed by atoms with E-state index in [0.29, 0.717) is 22.5 Å². The number of nitrogens with zero attached hydrogens (tertiary/aromatic N) is 1. The fraction of sp³-hybridized carbons (Fsp3) is 0.394. The molecule has 0 aromatic heterocycles. The number of primary amides is 1. The summed E-state index contributed by atoms with van der Waals surface area (Å²) in [4.78, 5) is 53.9. The number of fused-ring (bicyclic) bond motifs is 4. The minimum atomic E-state index is -3.01. The SMILES string of the molecule is C[C@H]1c2ccc(NCCC(=O)Nc3ccc4c(c3)OCCOB4O)c(O)c2C(=O)C2=C(O)[C@]3(O)C(=O)C(C(N)=O)=C(O)[C@@H](N(C)C)[C@@H]3[C@@H](O)[C@@H]21. The normalized spacial score (nSPS) is 27.5. The number of anilines is 2. The van der Waals surface area contributed by atoms with Crippen LogP contribution >= 0.6 is 0 Å². The van der Waals surface area contributed by atoms with Crippen LogP contribution in [0.4, 0.5) is 11.4 Å². The highest BCUT2D eigenvalue weighted by Gasteiger charge is 2.67. The van der Waals surface area contributed by atoms with Gasteiger partial charge in [-0.25, -0.2) is 0 Å². The Kier molecular flexibility index (Phi) is 8.90. The molecule has 0 saturated heterocycles. The van der Waals surface area contributed by atoms with E-state index in [1.165, 1.54) is 25.1 Å². The highest BCUT2D eigenvalue weighted by Crippen LogP contribution is 2.56. The zero-order valence-electron chi connectivity index (χ0n) is 27.3. The molecule has 50 heavy (non-hydrogen) atoms. The lowest BCUT2D eigenvalue weighted by Gasteiger charge is -2.53. The Labute approximate surface area is 285 Å². The predicted molar refractivity (Wildman–Crippen MR) is 177 cm³/mol. The summed E-state index contributed by atoms with van der Waals surface area (Å²) in [5.74, 6) is -9.82. The van der Waals surface area contributed by atoms with Crippen molar-refractivity contribution in [2.24, 2.45) is 17.6 Å².